The van der Waals surface area contributed by atoms with E-state index in [1.165, 1.54) is 21.7 Å². The Bertz CT molecular complexity index is 1680. The minimum Gasteiger partial charge on any atom is -0.385 e. The average Bonchev–Trinajstić information content (AvgIpc) is 3.68. The number of unbranched alkanes of at least 4 members (excludes halogenated alkanes) is 1. The first-order valence-corrected chi connectivity index (χ1v) is 15.4. The smallest absolute Gasteiger partial charge is 0.332 e. The second-order valence-electron chi connectivity index (χ2n) is 11.2. The average molecular weight is 620 g/mol. The predicted octanol–water partition coefficient (Wildman–Crippen LogP) is 3.11. The van der Waals surface area contributed by atoms with Gasteiger partial charge in [-0.2, -0.15) is 4.39 Å². The number of hydrogen-bond donors (Lipinski definition) is 0. The summed E-state index contributed by atoms with van der Waals surface area (Å²) in [6.07, 6.45) is 7.05. The fourth-order valence-corrected chi connectivity index (χ4v) is 5.72. The van der Waals surface area contributed by atoms with Crippen LogP contribution in [-0.2, 0) is 29.0 Å². The summed E-state index contributed by atoms with van der Waals surface area (Å²) in [5.74, 6) is -0.218. The number of carbonyl (C=O) groups is 2. The molecule has 2 aliphatic rings. The van der Waals surface area contributed by atoms with Gasteiger partial charge in [-0.15, -0.1) is 0 Å². The maximum absolute atomic E-state index is 13.5. The summed E-state index contributed by atoms with van der Waals surface area (Å²) in [5.41, 5.74) is 1.26. The lowest BCUT2D eigenvalue weighted by Crippen LogP contribution is -2.41. The normalized spacial score (nSPS) is 14.2. The zero-order valence-corrected chi connectivity index (χ0v) is 25.7. The number of methoxy groups -OCH3 is 1. The van der Waals surface area contributed by atoms with Crippen molar-refractivity contribution in [2.24, 2.45) is 4.99 Å². The lowest BCUT2D eigenvalue weighted by atomic mass is 10.1. The van der Waals surface area contributed by atoms with Crippen LogP contribution in [0.2, 0.25) is 0 Å². The van der Waals surface area contributed by atoms with Gasteiger partial charge in [0, 0.05) is 77.2 Å². The van der Waals surface area contributed by atoms with Crippen molar-refractivity contribution in [1.82, 2.24) is 24.0 Å². The summed E-state index contributed by atoms with van der Waals surface area (Å²) >= 11 is 0. The van der Waals surface area contributed by atoms with Gasteiger partial charge in [0.2, 0.25) is 11.9 Å². The number of nitrogens with zero attached hydrogens (tertiary/aromatic N) is 7. The highest BCUT2D eigenvalue weighted by Gasteiger charge is 2.27. The second kappa shape index (κ2) is 14.5. The molecule has 5 heterocycles. The number of fused-ring (bicyclic) bond motifs is 1. The monoisotopic (exact) mass is 619 g/mol. The summed E-state index contributed by atoms with van der Waals surface area (Å²) in [7, 11) is 1.63. The van der Waals surface area contributed by atoms with Gasteiger partial charge in [-0.05, 0) is 56.4 Å². The highest BCUT2D eigenvalue weighted by molar-refractivity contribution is 6.07. The van der Waals surface area contributed by atoms with Gasteiger partial charge in [0.05, 0.1) is 16.8 Å². The van der Waals surface area contributed by atoms with Gasteiger partial charge in [-0.25, -0.2) is 19.8 Å². The number of carbonyl (C=O) groups excluding carboxylic acids is 2. The Morgan fingerprint density at radius 2 is 1.84 bits per heavy atom. The third-order valence-electron chi connectivity index (χ3n) is 8.06. The minimum atomic E-state index is -0.687. The molecule has 1 fully saturated rings. The number of ether oxygens (including phenoxy) is 1. The Balaban J connectivity index is 1.40. The molecule has 2 amide bonds. The van der Waals surface area contributed by atoms with E-state index >= 15 is 0 Å². The van der Waals surface area contributed by atoms with Crippen molar-refractivity contribution in [3.05, 3.63) is 80.1 Å². The maximum Gasteiger partial charge on any atom is 0.332 e. The van der Waals surface area contributed by atoms with E-state index in [-0.39, 0.29) is 35.7 Å². The number of anilines is 1. The standard InChI is InChI=1S/C32H38FN7O5/c1-3-13-40-31(43)24-19-25(36-29(24)39(32(40)44)16-4-5-18-45-2)22-10-12-27(35-20-22)38(17-7-15-37-14-6-8-28(37)41)30(42)23-9-11-26(33)34-21-23/h9-12,20-21H,3-8,13-19H2,1-2H3. The van der Waals surface area contributed by atoms with E-state index in [0.29, 0.717) is 86.9 Å². The summed E-state index contributed by atoms with van der Waals surface area (Å²) < 4.78 is 21.5. The molecule has 2 aliphatic heterocycles. The van der Waals surface area contributed by atoms with Crippen LogP contribution in [0, 0.1) is 5.95 Å². The fourth-order valence-electron chi connectivity index (χ4n) is 5.72. The van der Waals surface area contributed by atoms with Crippen LogP contribution in [0.15, 0.2) is 51.2 Å². The van der Waals surface area contributed by atoms with E-state index < -0.39 is 11.9 Å². The van der Waals surface area contributed by atoms with Crippen molar-refractivity contribution < 1.29 is 18.7 Å². The highest BCUT2D eigenvalue weighted by atomic mass is 19.1. The van der Waals surface area contributed by atoms with Crippen LogP contribution in [0.1, 0.15) is 66.9 Å². The molecule has 1 saturated heterocycles. The lowest BCUT2D eigenvalue weighted by molar-refractivity contribution is -0.127. The first-order valence-electron chi connectivity index (χ1n) is 15.4. The fraction of sp³-hybridized carbons (Fsp3) is 0.469. The topological polar surface area (TPSA) is 132 Å². The number of halogens is 1. The molecule has 0 unspecified atom stereocenters. The third-order valence-corrected chi connectivity index (χ3v) is 8.06. The maximum atomic E-state index is 13.5. The summed E-state index contributed by atoms with van der Waals surface area (Å²) in [6, 6.07) is 5.99. The lowest BCUT2D eigenvalue weighted by Gasteiger charge is -2.23. The Kier molecular flexibility index (Phi) is 10.3. The molecule has 5 rings (SSSR count). The first kappa shape index (κ1) is 31.9. The van der Waals surface area contributed by atoms with Gasteiger partial charge in [-0.3, -0.25) is 28.4 Å². The van der Waals surface area contributed by atoms with Crippen LogP contribution < -0.4 is 16.1 Å². The molecule has 0 bridgehead atoms. The minimum absolute atomic E-state index is 0.110. The van der Waals surface area contributed by atoms with E-state index in [2.05, 4.69) is 9.97 Å². The molecule has 12 nitrogen and oxygen atoms in total. The number of rotatable bonds is 14. The predicted molar refractivity (Wildman–Crippen MR) is 167 cm³/mol. The second-order valence-corrected chi connectivity index (χ2v) is 11.2. The van der Waals surface area contributed by atoms with Gasteiger partial charge in [0.1, 0.15) is 11.6 Å². The quantitative estimate of drug-likeness (QED) is 0.200. The Morgan fingerprint density at radius 1 is 1.00 bits per heavy atom. The van der Waals surface area contributed by atoms with Crippen molar-refractivity contribution in [2.45, 2.75) is 65.0 Å². The number of likely N-dealkylation sites (tertiary alicyclic amines) is 1. The zero-order valence-electron chi connectivity index (χ0n) is 25.7. The van der Waals surface area contributed by atoms with Crippen molar-refractivity contribution in [3.63, 3.8) is 0 Å². The van der Waals surface area contributed by atoms with Gasteiger partial charge >= 0.3 is 5.69 Å². The van der Waals surface area contributed by atoms with Crippen LogP contribution in [0.3, 0.4) is 0 Å². The van der Waals surface area contributed by atoms with Gasteiger partial charge < -0.3 is 9.64 Å². The largest absolute Gasteiger partial charge is 0.385 e. The van der Waals surface area contributed by atoms with Crippen LogP contribution in [0.4, 0.5) is 16.0 Å². The first-order chi connectivity index (χ1) is 21.8. The summed E-state index contributed by atoms with van der Waals surface area (Å²) in [4.78, 5) is 68.4. The Hall–Kier alpha value is -4.52. The van der Waals surface area contributed by atoms with Crippen molar-refractivity contribution in [2.75, 3.05) is 38.3 Å². The number of aromatic nitrogens is 4. The molecule has 0 aliphatic carbocycles. The number of pyridine rings is 2. The molecular weight excluding hydrogens is 581 g/mol. The molecular formula is C32H38FN7O5. The van der Waals surface area contributed by atoms with Crippen molar-refractivity contribution in [1.29, 1.82) is 0 Å². The number of hydrogen-bond acceptors (Lipinski definition) is 8. The van der Waals surface area contributed by atoms with Gasteiger partial charge in [0.25, 0.3) is 11.5 Å². The van der Waals surface area contributed by atoms with Crippen molar-refractivity contribution >= 4 is 29.2 Å². The molecule has 0 radical (unpaired) electrons. The van der Waals surface area contributed by atoms with Crippen LogP contribution >= 0.6 is 0 Å². The molecule has 0 spiro atoms. The van der Waals surface area contributed by atoms with Crippen LogP contribution in [0.25, 0.3) is 0 Å². The van der Waals surface area contributed by atoms with Crippen LogP contribution in [0.5, 0.6) is 0 Å². The van der Waals surface area contributed by atoms with E-state index in [1.54, 1.807) is 34.9 Å². The molecule has 3 aromatic rings. The molecule has 45 heavy (non-hydrogen) atoms. The Labute approximate surface area is 260 Å². The summed E-state index contributed by atoms with van der Waals surface area (Å²) in [5, 5.41) is 0. The molecule has 0 saturated carbocycles. The molecule has 3 aromatic heterocycles. The van der Waals surface area contributed by atoms with E-state index in [0.717, 1.165) is 18.9 Å². The SMILES string of the molecule is CCCn1c(=O)c2c(n(CCCCOC)c1=O)N=C(c1ccc(N(CCCN3CCCC3=O)C(=O)c3ccc(F)nc3)nc1)C2. The van der Waals surface area contributed by atoms with E-state index in [9.17, 15) is 23.6 Å². The number of aliphatic imine (C=N–C) groups is 1. The van der Waals surface area contributed by atoms with E-state index in [4.69, 9.17) is 9.73 Å². The zero-order chi connectivity index (χ0) is 31.9. The Morgan fingerprint density at radius 3 is 2.51 bits per heavy atom. The molecule has 238 valence electrons. The third kappa shape index (κ3) is 7.08. The molecule has 0 N–H and O–H groups in total. The van der Waals surface area contributed by atoms with Gasteiger partial charge in [0.15, 0.2) is 0 Å². The van der Waals surface area contributed by atoms with Gasteiger partial charge in [-0.1, -0.05) is 6.92 Å². The van der Waals surface area contributed by atoms with Crippen molar-refractivity contribution in [3.8, 4) is 0 Å². The summed E-state index contributed by atoms with van der Waals surface area (Å²) in [6.45, 7) is 4.74. The van der Waals surface area contributed by atoms with Crippen LogP contribution in [-0.4, -0.2) is 74.9 Å². The molecule has 0 aromatic carbocycles. The van der Waals surface area contributed by atoms with E-state index in [1.807, 2.05) is 6.92 Å². The molecule has 0 atom stereocenters. The molecule has 13 heteroatoms. The highest BCUT2D eigenvalue weighted by Crippen LogP contribution is 2.27. The number of amides is 2.